The lowest BCUT2D eigenvalue weighted by Gasteiger charge is -2.10. The third kappa shape index (κ3) is 2.48. The molecule has 3 aromatic rings. The molecule has 0 saturated heterocycles. The van der Waals surface area contributed by atoms with Crippen molar-refractivity contribution in [1.29, 1.82) is 0 Å². The fourth-order valence-corrected chi connectivity index (χ4v) is 3.05. The van der Waals surface area contributed by atoms with Gasteiger partial charge in [0.2, 0.25) is 0 Å². The van der Waals surface area contributed by atoms with E-state index in [9.17, 15) is 9.90 Å². The minimum absolute atomic E-state index is 0.177. The number of aromatic nitrogens is 1. The first-order valence-corrected chi connectivity index (χ1v) is 7.77. The molecule has 0 bridgehead atoms. The summed E-state index contributed by atoms with van der Waals surface area (Å²) in [6.07, 6.45) is 9.39. The van der Waals surface area contributed by atoms with E-state index in [1.807, 2.05) is 24.3 Å². The second kappa shape index (κ2) is 5.73. The number of fused-ring (bicyclic) bond motifs is 1. The number of phenols is 1. The lowest BCUT2D eigenvalue weighted by molar-refractivity contribution is -0.110. The molecule has 3 N–H and O–H groups in total. The zero-order chi connectivity index (χ0) is 17.4. The average Bonchev–Trinajstić information content (AvgIpc) is 3.23. The van der Waals surface area contributed by atoms with Crippen molar-refractivity contribution < 1.29 is 9.90 Å². The quantitative estimate of drug-likeness (QED) is 0.494. The van der Waals surface area contributed by atoms with E-state index in [0.717, 1.165) is 22.4 Å². The molecule has 0 unspecified atom stereocenters. The number of nitrogens with one attached hydrogen (secondary N) is 2. The van der Waals surface area contributed by atoms with Crippen molar-refractivity contribution in [2.24, 2.45) is 0 Å². The molecule has 0 radical (unpaired) electrons. The van der Waals surface area contributed by atoms with E-state index in [1.54, 1.807) is 36.5 Å². The molecule has 25 heavy (non-hydrogen) atoms. The second-order valence-corrected chi connectivity index (χ2v) is 5.74. The predicted octanol–water partition coefficient (Wildman–Crippen LogP) is 3.86. The number of rotatable bonds is 2. The summed E-state index contributed by atoms with van der Waals surface area (Å²) >= 11 is 0. The van der Waals surface area contributed by atoms with Crippen LogP contribution in [0.1, 0.15) is 16.8 Å². The molecule has 120 valence electrons. The summed E-state index contributed by atoms with van der Waals surface area (Å²) in [5, 5.41) is 12.4. The average molecular weight is 326 g/mol. The van der Waals surface area contributed by atoms with Crippen LogP contribution in [0.4, 0.5) is 5.69 Å². The number of benzene rings is 2. The van der Waals surface area contributed by atoms with Crippen LogP contribution in [0, 0.1) is 12.3 Å². The van der Waals surface area contributed by atoms with Crippen molar-refractivity contribution in [2.75, 3.05) is 5.32 Å². The summed E-state index contributed by atoms with van der Waals surface area (Å²) in [5.41, 5.74) is 5.18. The molecule has 4 nitrogen and oxygen atoms in total. The van der Waals surface area contributed by atoms with Crippen LogP contribution in [0.3, 0.4) is 0 Å². The van der Waals surface area contributed by atoms with Gasteiger partial charge in [0.15, 0.2) is 0 Å². The number of aromatic hydroxyl groups is 1. The molecule has 2 aromatic carbocycles. The van der Waals surface area contributed by atoms with Gasteiger partial charge < -0.3 is 15.4 Å². The normalized spacial score (nSPS) is 14.2. The van der Waals surface area contributed by atoms with E-state index < -0.39 is 0 Å². The van der Waals surface area contributed by atoms with E-state index in [-0.39, 0.29) is 11.7 Å². The van der Waals surface area contributed by atoms with Gasteiger partial charge in [0.25, 0.3) is 5.91 Å². The van der Waals surface area contributed by atoms with E-state index in [4.69, 9.17) is 6.42 Å². The zero-order valence-electron chi connectivity index (χ0n) is 13.2. The van der Waals surface area contributed by atoms with Crippen LogP contribution in [0.15, 0.2) is 54.7 Å². The Labute approximate surface area is 144 Å². The summed E-state index contributed by atoms with van der Waals surface area (Å²) in [6, 6.07) is 14.3. The highest BCUT2D eigenvalue weighted by Crippen LogP contribution is 2.40. The first-order valence-electron chi connectivity index (χ1n) is 7.77. The van der Waals surface area contributed by atoms with Crippen LogP contribution in [0.2, 0.25) is 0 Å². The van der Waals surface area contributed by atoms with Crippen molar-refractivity contribution in [2.45, 2.75) is 0 Å². The number of H-pyrrole nitrogens is 1. The van der Waals surface area contributed by atoms with Gasteiger partial charge in [0.05, 0.1) is 11.3 Å². The van der Waals surface area contributed by atoms with Crippen LogP contribution in [-0.4, -0.2) is 16.0 Å². The van der Waals surface area contributed by atoms with Crippen molar-refractivity contribution >= 4 is 23.2 Å². The maximum Gasteiger partial charge on any atom is 0.256 e. The molecule has 1 aromatic heterocycles. The Bertz CT molecular complexity index is 1040. The Kier molecular flexibility index (Phi) is 3.41. The molecule has 4 heteroatoms. The Balaban J connectivity index is 1.93. The Morgan fingerprint density at radius 1 is 1.08 bits per heavy atom. The molecule has 1 amide bonds. The van der Waals surface area contributed by atoms with Gasteiger partial charge in [-0.25, -0.2) is 0 Å². The first kappa shape index (κ1) is 14.9. The SMILES string of the molecule is C#Cc1c(-c2ccc(O)cc2)ccc2c1C(=Cc1ccc[nH]1)C(=O)N2. The van der Waals surface area contributed by atoms with Gasteiger partial charge in [-0.3, -0.25) is 4.79 Å². The van der Waals surface area contributed by atoms with Crippen molar-refractivity contribution in [3.05, 3.63) is 71.5 Å². The van der Waals surface area contributed by atoms with E-state index in [1.165, 1.54) is 0 Å². The topological polar surface area (TPSA) is 65.1 Å². The standard InChI is InChI=1S/C21H14N2O2/c1-2-16-17(13-5-7-15(24)8-6-13)9-10-19-20(16)18(21(25)23-19)12-14-4-3-11-22-14/h1,3-12,22,24H,(H,23,25). The third-order valence-electron chi connectivity index (χ3n) is 4.21. The van der Waals surface area contributed by atoms with Crippen LogP contribution in [0.25, 0.3) is 22.8 Å². The lowest BCUT2D eigenvalue weighted by atomic mass is 9.92. The molecule has 4 rings (SSSR count). The Morgan fingerprint density at radius 3 is 2.56 bits per heavy atom. The Morgan fingerprint density at radius 2 is 1.88 bits per heavy atom. The molecule has 0 spiro atoms. The number of carbonyl (C=O) groups excluding carboxylic acids is 1. The zero-order valence-corrected chi connectivity index (χ0v) is 13.2. The van der Waals surface area contributed by atoms with Crippen LogP contribution in [-0.2, 0) is 4.79 Å². The number of hydrogen-bond acceptors (Lipinski definition) is 2. The highest BCUT2D eigenvalue weighted by atomic mass is 16.3. The van der Waals surface area contributed by atoms with Crippen molar-refractivity contribution in [1.82, 2.24) is 4.98 Å². The number of amides is 1. The molecule has 0 aliphatic carbocycles. The minimum Gasteiger partial charge on any atom is -0.508 e. The molecule has 0 atom stereocenters. The molecule has 2 heterocycles. The fourth-order valence-electron chi connectivity index (χ4n) is 3.05. The molecule has 1 aliphatic rings. The molecule has 0 fully saturated rings. The number of carbonyl (C=O) groups is 1. The molecule has 0 saturated carbocycles. The van der Waals surface area contributed by atoms with E-state index in [2.05, 4.69) is 16.2 Å². The molecular weight excluding hydrogens is 312 g/mol. The van der Waals surface area contributed by atoms with Gasteiger partial charge in [0, 0.05) is 23.0 Å². The van der Waals surface area contributed by atoms with Crippen molar-refractivity contribution in [3.8, 4) is 29.2 Å². The number of phenolic OH excluding ortho intramolecular Hbond substituents is 1. The number of hydrogen-bond donors (Lipinski definition) is 3. The van der Waals surface area contributed by atoms with Gasteiger partial charge in [0.1, 0.15) is 5.75 Å². The lowest BCUT2D eigenvalue weighted by Crippen LogP contribution is -2.03. The van der Waals surface area contributed by atoms with E-state index >= 15 is 0 Å². The predicted molar refractivity (Wildman–Crippen MR) is 98.8 cm³/mol. The van der Waals surface area contributed by atoms with Crippen LogP contribution in [0.5, 0.6) is 5.75 Å². The number of aromatic amines is 1. The highest BCUT2D eigenvalue weighted by molar-refractivity contribution is 6.35. The molecular formula is C21H14N2O2. The van der Waals surface area contributed by atoms with Gasteiger partial charge in [-0.05, 0) is 47.5 Å². The van der Waals surface area contributed by atoms with Gasteiger partial charge >= 0.3 is 0 Å². The smallest absolute Gasteiger partial charge is 0.256 e. The molecule has 1 aliphatic heterocycles. The Hall–Kier alpha value is -3.71. The number of terminal acetylenes is 1. The van der Waals surface area contributed by atoms with Gasteiger partial charge in [-0.1, -0.05) is 24.1 Å². The largest absolute Gasteiger partial charge is 0.508 e. The second-order valence-electron chi connectivity index (χ2n) is 5.74. The summed E-state index contributed by atoms with van der Waals surface area (Å²) in [7, 11) is 0. The summed E-state index contributed by atoms with van der Waals surface area (Å²) < 4.78 is 0. The van der Waals surface area contributed by atoms with Crippen LogP contribution < -0.4 is 5.32 Å². The highest BCUT2D eigenvalue weighted by Gasteiger charge is 2.28. The van der Waals surface area contributed by atoms with Crippen molar-refractivity contribution in [3.63, 3.8) is 0 Å². The first-order chi connectivity index (χ1) is 12.2. The summed E-state index contributed by atoms with van der Waals surface area (Å²) in [6.45, 7) is 0. The van der Waals surface area contributed by atoms with Crippen LogP contribution >= 0.6 is 0 Å². The monoisotopic (exact) mass is 326 g/mol. The number of anilines is 1. The fraction of sp³-hybridized carbons (Fsp3) is 0. The maximum absolute atomic E-state index is 12.4. The summed E-state index contributed by atoms with van der Waals surface area (Å²) in [4.78, 5) is 15.5. The maximum atomic E-state index is 12.4. The van der Waals surface area contributed by atoms with Gasteiger partial charge in [-0.15, -0.1) is 6.42 Å². The minimum atomic E-state index is -0.177. The van der Waals surface area contributed by atoms with Gasteiger partial charge in [-0.2, -0.15) is 0 Å². The van der Waals surface area contributed by atoms with E-state index in [0.29, 0.717) is 16.8 Å². The summed E-state index contributed by atoms with van der Waals surface area (Å²) in [5.74, 6) is 2.75. The third-order valence-corrected chi connectivity index (χ3v) is 4.21.